The average Bonchev–Trinajstić information content (AvgIpc) is 1.97. The van der Waals surface area contributed by atoms with E-state index >= 15 is 0 Å². The zero-order valence-corrected chi connectivity index (χ0v) is 8.59. The summed E-state index contributed by atoms with van der Waals surface area (Å²) in [6.07, 6.45) is 0.787. The van der Waals surface area contributed by atoms with Crippen LogP contribution in [0.2, 0.25) is 0 Å². The van der Waals surface area contributed by atoms with Gasteiger partial charge in [-0.15, -0.1) is 6.58 Å². The molecule has 0 spiro atoms. The van der Waals surface area contributed by atoms with Crippen molar-refractivity contribution in [1.29, 1.82) is 0 Å². The highest BCUT2D eigenvalue weighted by atomic mass is 16.5. The summed E-state index contributed by atoms with van der Waals surface area (Å²) in [6, 6.07) is 0. The molecule has 0 aromatic heterocycles. The van der Waals surface area contributed by atoms with E-state index < -0.39 is 11.4 Å². The van der Waals surface area contributed by atoms with Crippen LogP contribution in [-0.2, 0) is 9.53 Å². The van der Waals surface area contributed by atoms with E-state index in [0.29, 0.717) is 6.61 Å². The van der Waals surface area contributed by atoms with Crippen molar-refractivity contribution in [3.63, 3.8) is 0 Å². The van der Waals surface area contributed by atoms with Crippen molar-refractivity contribution >= 4 is 5.97 Å². The molecule has 0 radical (unpaired) electrons. The summed E-state index contributed by atoms with van der Waals surface area (Å²) in [5.41, 5.74) is 0.253. The molecule has 0 aliphatic heterocycles. The molecule has 0 aromatic carbocycles. The fraction of sp³-hybridized carbons (Fsp3) is 0.700. The lowest BCUT2D eigenvalue weighted by Gasteiger charge is -2.18. The van der Waals surface area contributed by atoms with Crippen LogP contribution in [0.1, 0.15) is 27.2 Å². The summed E-state index contributed by atoms with van der Waals surface area (Å²) < 4.78 is 5.23. The van der Waals surface area contributed by atoms with Crippen LogP contribution < -0.4 is 0 Å². The second kappa shape index (κ2) is 5.02. The minimum absolute atomic E-state index is 0.246. The number of carboxylic acid groups (broad SMARTS) is 1. The van der Waals surface area contributed by atoms with Gasteiger partial charge in [0, 0.05) is 0 Å². The smallest absolute Gasteiger partial charge is 0.311 e. The quantitative estimate of drug-likeness (QED) is 0.510. The monoisotopic (exact) mass is 186 g/mol. The Kier molecular flexibility index (Phi) is 4.70. The van der Waals surface area contributed by atoms with Crippen molar-refractivity contribution in [3.05, 3.63) is 12.2 Å². The first kappa shape index (κ1) is 12.2. The molecule has 3 nitrogen and oxygen atoms in total. The van der Waals surface area contributed by atoms with Crippen LogP contribution >= 0.6 is 0 Å². The van der Waals surface area contributed by atoms with Crippen LogP contribution in [0.3, 0.4) is 0 Å². The Hall–Kier alpha value is -0.830. The summed E-state index contributed by atoms with van der Waals surface area (Å²) in [4.78, 5) is 10.7. The SMILES string of the molecule is C=C(C)CCOCC(C)(C)C(=O)O. The molecule has 0 aromatic rings. The van der Waals surface area contributed by atoms with Crippen molar-refractivity contribution in [3.8, 4) is 0 Å². The number of ether oxygens (including phenoxy) is 1. The maximum Gasteiger partial charge on any atom is 0.311 e. The Morgan fingerprint density at radius 3 is 2.46 bits per heavy atom. The van der Waals surface area contributed by atoms with Gasteiger partial charge in [-0.05, 0) is 27.2 Å². The lowest BCUT2D eigenvalue weighted by Crippen LogP contribution is -2.29. The molecule has 0 aliphatic rings. The molecule has 0 amide bonds. The van der Waals surface area contributed by atoms with Crippen LogP contribution in [0.15, 0.2) is 12.2 Å². The summed E-state index contributed by atoms with van der Waals surface area (Å²) in [7, 11) is 0. The van der Waals surface area contributed by atoms with E-state index in [1.54, 1.807) is 13.8 Å². The number of rotatable bonds is 6. The van der Waals surface area contributed by atoms with Gasteiger partial charge in [-0.2, -0.15) is 0 Å². The molecule has 76 valence electrons. The lowest BCUT2D eigenvalue weighted by atomic mass is 9.95. The Morgan fingerprint density at radius 1 is 1.54 bits per heavy atom. The molecule has 0 bridgehead atoms. The van der Waals surface area contributed by atoms with Gasteiger partial charge in [0.25, 0.3) is 0 Å². The van der Waals surface area contributed by atoms with E-state index in [0.717, 1.165) is 12.0 Å². The largest absolute Gasteiger partial charge is 0.481 e. The van der Waals surface area contributed by atoms with Crippen molar-refractivity contribution in [1.82, 2.24) is 0 Å². The molecule has 0 saturated carbocycles. The Bertz CT molecular complexity index is 194. The Balaban J connectivity index is 3.64. The second-order valence-corrected chi connectivity index (χ2v) is 3.95. The molecule has 0 unspecified atom stereocenters. The van der Waals surface area contributed by atoms with Gasteiger partial charge in [0.15, 0.2) is 0 Å². The summed E-state index contributed by atoms with van der Waals surface area (Å²) in [5.74, 6) is -0.831. The van der Waals surface area contributed by atoms with Crippen LogP contribution in [0.25, 0.3) is 0 Å². The molecule has 0 saturated heterocycles. The van der Waals surface area contributed by atoms with E-state index in [1.165, 1.54) is 0 Å². The molecule has 0 heterocycles. The van der Waals surface area contributed by atoms with Gasteiger partial charge in [-0.1, -0.05) is 5.57 Å². The van der Waals surface area contributed by atoms with Gasteiger partial charge in [-0.3, -0.25) is 4.79 Å². The van der Waals surface area contributed by atoms with Crippen LogP contribution in [0.5, 0.6) is 0 Å². The zero-order chi connectivity index (χ0) is 10.5. The number of hydrogen-bond donors (Lipinski definition) is 1. The van der Waals surface area contributed by atoms with Crippen molar-refractivity contribution in [2.75, 3.05) is 13.2 Å². The molecule has 0 atom stereocenters. The highest BCUT2D eigenvalue weighted by Gasteiger charge is 2.27. The summed E-state index contributed by atoms with van der Waals surface area (Å²) in [5, 5.41) is 8.75. The molecule has 3 heteroatoms. The predicted octanol–water partition coefficient (Wildman–Crippen LogP) is 2.08. The van der Waals surface area contributed by atoms with Crippen LogP contribution in [0, 0.1) is 5.41 Å². The first-order valence-corrected chi connectivity index (χ1v) is 4.32. The van der Waals surface area contributed by atoms with Crippen molar-refractivity contribution in [2.45, 2.75) is 27.2 Å². The molecule has 0 fully saturated rings. The maximum absolute atomic E-state index is 10.7. The molecule has 0 aliphatic carbocycles. The third-order valence-corrected chi connectivity index (χ3v) is 1.72. The molecule has 0 rings (SSSR count). The van der Waals surface area contributed by atoms with E-state index in [4.69, 9.17) is 9.84 Å². The van der Waals surface area contributed by atoms with E-state index in [1.807, 2.05) is 6.92 Å². The minimum atomic E-state index is -0.831. The van der Waals surface area contributed by atoms with Gasteiger partial charge in [-0.25, -0.2) is 0 Å². The fourth-order valence-corrected chi connectivity index (χ4v) is 0.635. The molecular formula is C10H18O3. The zero-order valence-electron chi connectivity index (χ0n) is 8.59. The van der Waals surface area contributed by atoms with E-state index in [2.05, 4.69) is 6.58 Å². The third kappa shape index (κ3) is 5.42. The Morgan fingerprint density at radius 2 is 2.08 bits per heavy atom. The van der Waals surface area contributed by atoms with E-state index in [-0.39, 0.29) is 6.61 Å². The molecular weight excluding hydrogens is 168 g/mol. The first-order valence-electron chi connectivity index (χ1n) is 4.32. The van der Waals surface area contributed by atoms with Crippen molar-refractivity contribution < 1.29 is 14.6 Å². The van der Waals surface area contributed by atoms with Gasteiger partial charge in [0.2, 0.25) is 0 Å². The highest BCUT2D eigenvalue weighted by Crippen LogP contribution is 2.15. The van der Waals surface area contributed by atoms with E-state index in [9.17, 15) is 4.79 Å². The molecule has 1 N–H and O–H groups in total. The summed E-state index contributed by atoms with van der Waals surface area (Å²) >= 11 is 0. The normalized spacial score (nSPS) is 11.3. The lowest BCUT2D eigenvalue weighted by molar-refractivity contribution is -0.150. The predicted molar refractivity (Wildman–Crippen MR) is 51.7 cm³/mol. The molecule has 13 heavy (non-hydrogen) atoms. The number of aliphatic carboxylic acids is 1. The van der Waals surface area contributed by atoms with Crippen molar-refractivity contribution in [2.24, 2.45) is 5.41 Å². The minimum Gasteiger partial charge on any atom is -0.481 e. The maximum atomic E-state index is 10.7. The van der Waals surface area contributed by atoms with Gasteiger partial charge in [0.1, 0.15) is 0 Å². The third-order valence-electron chi connectivity index (χ3n) is 1.72. The van der Waals surface area contributed by atoms with Crippen LogP contribution in [0.4, 0.5) is 0 Å². The fourth-order valence-electron chi connectivity index (χ4n) is 0.635. The Labute approximate surface area is 79.4 Å². The topological polar surface area (TPSA) is 46.5 Å². The van der Waals surface area contributed by atoms with Gasteiger partial charge >= 0.3 is 5.97 Å². The first-order chi connectivity index (χ1) is 5.86. The average molecular weight is 186 g/mol. The van der Waals surface area contributed by atoms with Crippen LogP contribution in [-0.4, -0.2) is 24.3 Å². The van der Waals surface area contributed by atoms with Gasteiger partial charge < -0.3 is 9.84 Å². The second-order valence-electron chi connectivity index (χ2n) is 3.95. The summed E-state index contributed by atoms with van der Waals surface area (Å²) in [6.45, 7) is 9.74. The number of hydrogen-bond acceptors (Lipinski definition) is 2. The number of carboxylic acids is 1. The van der Waals surface area contributed by atoms with Gasteiger partial charge in [0.05, 0.1) is 18.6 Å². The number of carbonyl (C=O) groups is 1. The standard InChI is InChI=1S/C10H18O3/c1-8(2)5-6-13-7-10(3,4)9(11)12/h1,5-7H2,2-4H3,(H,11,12). The highest BCUT2D eigenvalue weighted by molar-refractivity contribution is 5.73.